The van der Waals surface area contributed by atoms with E-state index in [4.69, 9.17) is 21.4 Å². The van der Waals surface area contributed by atoms with Crippen LogP contribution in [0.2, 0.25) is 5.02 Å². The van der Waals surface area contributed by atoms with E-state index in [9.17, 15) is 9.90 Å². The third-order valence-corrected chi connectivity index (χ3v) is 4.99. The number of carboxylic acid groups (broad SMARTS) is 1. The van der Waals surface area contributed by atoms with Crippen molar-refractivity contribution in [2.45, 2.75) is 0 Å². The van der Waals surface area contributed by atoms with Crippen LogP contribution in [0.3, 0.4) is 0 Å². The van der Waals surface area contributed by atoms with Crippen LogP contribution in [0.15, 0.2) is 53.9 Å². The molecular weight excluding hydrogens is 372 g/mol. The molecule has 0 saturated carbocycles. The molecule has 1 aromatic heterocycles. The van der Waals surface area contributed by atoms with Gasteiger partial charge in [0.15, 0.2) is 0 Å². The number of carbonyl (C=O) groups is 1. The van der Waals surface area contributed by atoms with E-state index in [-0.39, 0.29) is 5.75 Å². The van der Waals surface area contributed by atoms with E-state index < -0.39 is 5.97 Å². The maximum absolute atomic E-state index is 10.9. The van der Waals surface area contributed by atoms with Crippen molar-refractivity contribution in [3.63, 3.8) is 0 Å². The molecular formula is C20H15ClO4S. The smallest absolute Gasteiger partial charge is 0.328 e. The van der Waals surface area contributed by atoms with Gasteiger partial charge in [-0.1, -0.05) is 23.7 Å². The Morgan fingerprint density at radius 1 is 1.15 bits per heavy atom. The highest BCUT2D eigenvalue weighted by atomic mass is 35.5. The number of phenols is 1. The van der Waals surface area contributed by atoms with Crippen LogP contribution in [0.25, 0.3) is 28.3 Å². The summed E-state index contributed by atoms with van der Waals surface area (Å²) in [6.07, 6.45) is 2.68. The number of aliphatic carboxylic acids is 1. The molecule has 0 atom stereocenters. The standard InChI is InChI=1S/C20H15ClO4S/c1-25-17-10-13(21)4-7-15(17)16-11-26-18(8-9-19(23)24)20(16)12-2-5-14(22)6-3-12/h2-11,22H,1H3,(H,23,24)/b9-8+. The van der Waals surface area contributed by atoms with Gasteiger partial charge >= 0.3 is 5.97 Å². The molecule has 0 unspecified atom stereocenters. The molecule has 0 radical (unpaired) electrons. The maximum atomic E-state index is 10.9. The molecule has 3 rings (SSSR count). The molecule has 3 aromatic rings. The van der Waals surface area contributed by atoms with Crippen molar-refractivity contribution in [3.05, 3.63) is 63.8 Å². The van der Waals surface area contributed by atoms with Crippen LogP contribution in [0, 0.1) is 0 Å². The van der Waals surface area contributed by atoms with E-state index >= 15 is 0 Å². The summed E-state index contributed by atoms with van der Waals surface area (Å²) in [6.45, 7) is 0. The minimum Gasteiger partial charge on any atom is -0.508 e. The van der Waals surface area contributed by atoms with Crippen molar-refractivity contribution in [1.29, 1.82) is 0 Å². The zero-order chi connectivity index (χ0) is 18.7. The summed E-state index contributed by atoms with van der Waals surface area (Å²) in [5.41, 5.74) is 3.49. The van der Waals surface area contributed by atoms with E-state index in [1.165, 1.54) is 11.3 Å². The normalized spacial score (nSPS) is 11.0. The Bertz CT molecular complexity index is 974. The van der Waals surface area contributed by atoms with Crippen molar-refractivity contribution in [2.75, 3.05) is 7.11 Å². The van der Waals surface area contributed by atoms with Crippen LogP contribution in [0.1, 0.15) is 4.88 Å². The second-order valence-electron chi connectivity index (χ2n) is 5.45. The van der Waals surface area contributed by atoms with Crippen LogP contribution >= 0.6 is 22.9 Å². The number of thiophene rings is 1. The Balaban J connectivity index is 2.23. The van der Waals surface area contributed by atoms with Gasteiger partial charge in [-0.3, -0.25) is 0 Å². The fourth-order valence-electron chi connectivity index (χ4n) is 2.65. The molecule has 4 nitrogen and oxygen atoms in total. The number of ether oxygens (including phenoxy) is 1. The number of aromatic hydroxyl groups is 1. The van der Waals surface area contributed by atoms with E-state index in [2.05, 4.69) is 0 Å². The highest BCUT2D eigenvalue weighted by Gasteiger charge is 2.17. The molecule has 26 heavy (non-hydrogen) atoms. The third kappa shape index (κ3) is 3.74. The van der Waals surface area contributed by atoms with E-state index in [1.54, 1.807) is 49.6 Å². The topological polar surface area (TPSA) is 66.8 Å². The lowest BCUT2D eigenvalue weighted by Crippen LogP contribution is -1.90. The molecule has 1 heterocycles. The fraction of sp³-hybridized carbons (Fsp3) is 0.0500. The molecule has 2 N–H and O–H groups in total. The Kier molecular flexibility index (Phi) is 5.30. The lowest BCUT2D eigenvalue weighted by Gasteiger charge is -2.11. The number of benzene rings is 2. The first kappa shape index (κ1) is 18.0. The second-order valence-corrected chi connectivity index (χ2v) is 6.80. The first-order valence-electron chi connectivity index (χ1n) is 7.65. The summed E-state index contributed by atoms with van der Waals surface area (Å²) in [7, 11) is 1.58. The Hall–Kier alpha value is -2.76. The van der Waals surface area contributed by atoms with Gasteiger partial charge in [0.2, 0.25) is 0 Å². The predicted octanol–water partition coefficient (Wildman–Crippen LogP) is 5.55. The molecule has 0 bridgehead atoms. The van der Waals surface area contributed by atoms with Crippen molar-refractivity contribution in [3.8, 4) is 33.8 Å². The van der Waals surface area contributed by atoms with Crippen LogP contribution in [0.4, 0.5) is 0 Å². The van der Waals surface area contributed by atoms with E-state index in [0.29, 0.717) is 10.8 Å². The highest BCUT2D eigenvalue weighted by molar-refractivity contribution is 7.12. The van der Waals surface area contributed by atoms with Gasteiger partial charge in [0.25, 0.3) is 0 Å². The van der Waals surface area contributed by atoms with E-state index in [0.717, 1.165) is 33.2 Å². The molecule has 0 aliphatic carbocycles. The average molecular weight is 387 g/mol. The third-order valence-electron chi connectivity index (χ3n) is 3.81. The zero-order valence-electron chi connectivity index (χ0n) is 13.8. The summed E-state index contributed by atoms with van der Waals surface area (Å²) < 4.78 is 5.47. The molecule has 0 amide bonds. The van der Waals surface area contributed by atoms with Crippen molar-refractivity contribution in [1.82, 2.24) is 0 Å². The molecule has 2 aromatic carbocycles. The Morgan fingerprint density at radius 3 is 2.54 bits per heavy atom. The minimum absolute atomic E-state index is 0.164. The van der Waals surface area contributed by atoms with Gasteiger partial charge in [0, 0.05) is 32.7 Å². The van der Waals surface area contributed by atoms with Crippen LogP contribution in [-0.2, 0) is 4.79 Å². The van der Waals surface area contributed by atoms with E-state index in [1.807, 2.05) is 11.4 Å². The van der Waals surface area contributed by atoms with Crippen LogP contribution in [-0.4, -0.2) is 23.3 Å². The van der Waals surface area contributed by atoms with Crippen LogP contribution < -0.4 is 4.74 Å². The Labute approximate surface area is 159 Å². The largest absolute Gasteiger partial charge is 0.508 e. The first-order chi connectivity index (χ1) is 12.5. The Morgan fingerprint density at radius 2 is 1.88 bits per heavy atom. The summed E-state index contributed by atoms with van der Waals surface area (Å²) >= 11 is 7.50. The van der Waals surface area contributed by atoms with Gasteiger partial charge in [-0.2, -0.15) is 0 Å². The van der Waals surface area contributed by atoms with Gasteiger partial charge in [0.1, 0.15) is 11.5 Å². The van der Waals surface area contributed by atoms with Crippen molar-refractivity contribution in [2.24, 2.45) is 0 Å². The van der Waals surface area contributed by atoms with Gasteiger partial charge < -0.3 is 14.9 Å². The SMILES string of the molecule is COc1cc(Cl)ccc1-c1csc(/C=C/C(=O)O)c1-c1ccc(O)cc1. The quantitative estimate of drug-likeness (QED) is 0.564. The van der Waals surface area contributed by atoms with Gasteiger partial charge in [-0.25, -0.2) is 4.79 Å². The summed E-state index contributed by atoms with van der Waals surface area (Å²) in [6, 6.07) is 12.2. The summed E-state index contributed by atoms with van der Waals surface area (Å²) in [4.78, 5) is 11.7. The zero-order valence-corrected chi connectivity index (χ0v) is 15.3. The lowest BCUT2D eigenvalue weighted by atomic mass is 9.96. The molecule has 132 valence electrons. The van der Waals surface area contributed by atoms with Gasteiger partial charge in [-0.15, -0.1) is 11.3 Å². The van der Waals surface area contributed by atoms with Crippen LogP contribution in [0.5, 0.6) is 11.5 Å². The van der Waals surface area contributed by atoms with Gasteiger partial charge in [0.05, 0.1) is 7.11 Å². The summed E-state index contributed by atoms with van der Waals surface area (Å²) in [5.74, 6) is -0.220. The number of phenolic OH excluding ortho intramolecular Hbond substituents is 1. The van der Waals surface area contributed by atoms with Gasteiger partial charge in [-0.05, 0) is 47.4 Å². The fourth-order valence-corrected chi connectivity index (χ4v) is 3.80. The number of methoxy groups -OCH3 is 1. The number of hydrogen-bond donors (Lipinski definition) is 2. The summed E-state index contributed by atoms with van der Waals surface area (Å²) in [5, 5.41) is 21.1. The highest BCUT2D eigenvalue weighted by Crippen LogP contribution is 2.44. The maximum Gasteiger partial charge on any atom is 0.328 e. The monoisotopic (exact) mass is 386 g/mol. The lowest BCUT2D eigenvalue weighted by molar-refractivity contribution is -0.131. The molecule has 0 saturated heterocycles. The van der Waals surface area contributed by atoms with Crippen molar-refractivity contribution < 1.29 is 19.7 Å². The molecule has 0 fully saturated rings. The number of hydrogen-bond acceptors (Lipinski definition) is 4. The predicted molar refractivity (Wildman–Crippen MR) is 105 cm³/mol. The second kappa shape index (κ2) is 7.64. The number of halogens is 1. The molecule has 0 spiro atoms. The molecule has 6 heteroatoms. The number of rotatable bonds is 5. The average Bonchev–Trinajstić information content (AvgIpc) is 3.04. The molecule has 0 aliphatic heterocycles. The van der Waals surface area contributed by atoms with Crippen molar-refractivity contribution >= 4 is 35.0 Å². The first-order valence-corrected chi connectivity index (χ1v) is 8.91. The number of carboxylic acids is 1. The minimum atomic E-state index is -1.01. The molecule has 0 aliphatic rings.